The fourth-order valence-corrected chi connectivity index (χ4v) is 7.55. The van der Waals surface area contributed by atoms with Crippen LogP contribution in [0.15, 0.2) is 59.6 Å². The molecule has 2 heterocycles. The van der Waals surface area contributed by atoms with Crippen LogP contribution in [0.3, 0.4) is 0 Å². The highest BCUT2D eigenvalue weighted by molar-refractivity contribution is 5.99. The quantitative estimate of drug-likeness (QED) is 0.206. The van der Waals surface area contributed by atoms with Gasteiger partial charge in [0.1, 0.15) is 17.3 Å². The van der Waals surface area contributed by atoms with Crippen molar-refractivity contribution in [1.29, 1.82) is 0 Å². The van der Waals surface area contributed by atoms with Crippen molar-refractivity contribution in [3.05, 3.63) is 77.1 Å². The minimum atomic E-state index is -0.272. The molecule has 6 nitrogen and oxygen atoms in total. The predicted octanol–water partition coefficient (Wildman–Crippen LogP) is 7.56. The molecule has 6 rings (SSSR count). The molecule has 0 amide bonds. The van der Waals surface area contributed by atoms with Crippen LogP contribution in [-0.4, -0.2) is 53.9 Å². The normalized spacial score (nSPS) is 20.8. The lowest BCUT2D eigenvalue weighted by Gasteiger charge is -2.25. The number of rotatable bonds is 13. The monoisotopic (exact) mass is 598 g/mol. The van der Waals surface area contributed by atoms with Crippen LogP contribution < -0.4 is 9.47 Å². The second-order valence-electron chi connectivity index (χ2n) is 12.3. The van der Waals surface area contributed by atoms with Gasteiger partial charge in [0.05, 0.1) is 24.5 Å². The molecule has 3 aliphatic rings. The lowest BCUT2D eigenvalue weighted by Crippen LogP contribution is -2.30. The van der Waals surface area contributed by atoms with Gasteiger partial charge in [-0.15, -0.1) is 0 Å². The maximum Gasteiger partial charge on any atom is 0.163 e. The zero-order valence-corrected chi connectivity index (χ0v) is 25.9. The summed E-state index contributed by atoms with van der Waals surface area (Å²) in [7, 11) is 0. The summed E-state index contributed by atoms with van der Waals surface area (Å²) in [6.07, 6.45) is 6.22. The predicted molar refractivity (Wildman–Crippen MR) is 172 cm³/mol. The van der Waals surface area contributed by atoms with Gasteiger partial charge in [-0.05, 0) is 111 Å². The molecule has 3 atom stereocenters. The highest BCUT2D eigenvalue weighted by Gasteiger charge is 2.44. The molecule has 1 saturated heterocycles. The number of ether oxygens (including phenoxy) is 2. The van der Waals surface area contributed by atoms with Gasteiger partial charge < -0.3 is 14.6 Å². The first kappa shape index (κ1) is 30.5. The molecule has 7 heteroatoms. The molecule has 2 fully saturated rings. The van der Waals surface area contributed by atoms with Crippen molar-refractivity contribution in [1.82, 2.24) is 4.90 Å². The first-order valence-corrected chi connectivity index (χ1v) is 16.2. The molecule has 1 unspecified atom stereocenters. The highest BCUT2D eigenvalue weighted by Crippen LogP contribution is 2.46. The van der Waals surface area contributed by atoms with E-state index in [1.54, 1.807) is 12.1 Å². The van der Waals surface area contributed by atoms with Gasteiger partial charge in [0.25, 0.3) is 0 Å². The van der Waals surface area contributed by atoms with E-state index in [1.807, 2.05) is 26.0 Å². The number of carbonyl (C=O) groups excluding carboxylic acids is 1. The van der Waals surface area contributed by atoms with E-state index in [0.717, 1.165) is 96.8 Å². The molecular formula is C37H43FN2O4. The van der Waals surface area contributed by atoms with Gasteiger partial charge in [-0.3, -0.25) is 14.7 Å². The van der Waals surface area contributed by atoms with Gasteiger partial charge in [0.15, 0.2) is 5.78 Å². The Hall–Kier alpha value is -3.55. The summed E-state index contributed by atoms with van der Waals surface area (Å²) in [4.78, 5) is 20.8. The second-order valence-corrected chi connectivity index (χ2v) is 12.3. The lowest BCUT2D eigenvalue weighted by atomic mass is 9.87. The molecule has 0 spiro atoms. The van der Waals surface area contributed by atoms with Crippen LogP contribution in [0.5, 0.6) is 11.5 Å². The van der Waals surface area contributed by atoms with Gasteiger partial charge in [-0.1, -0.05) is 24.3 Å². The van der Waals surface area contributed by atoms with Crippen molar-refractivity contribution in [2.24, 2.45) is 16.8 Å². The topological polar surface area (TPSA) is 71.4 Å². The van der Waals surface area contributed by atoms with Gasteiger partial charge in [0.2, 0.25) is 0 Å². The van der Waals surface area contributed by atoms with Crippen molar-refractivity contribution in [3.8, 4) is 22.6 Å². The van der Waals surface area contributed by atoms with E-state index in [9.17, 15) is 9.18 Å². The molecular weight excluding hydrogens is 555 g/mol. The number of Topliss-reactive ketones (excluding diaryl/α,β-unsaturated/α-hetero) is 1. The van der Waals surface area contributed by atoms with Crippen molar-refractivity contribution in [3.63, 3.8) is 0 Å². The maximum absolute atomic E-state index is 13.7. The first-order valence-electron chi connectivity index (χ1n) is 16.2. The molecule has 232 valence electrons. The number of benzene rings is 3. The van der Waals surface area contributed by atoms with Crippen LogP contribution in [-0.2, 0) is 13.0 Å². The Morgan fingerprint density at radius 1 is 1.00 bits per heavy atom. The second kappa shape index (κ2) is 13.6. The van der Waals surface area contributed by atoms with Crippen LogP contribution in [0.25, 0.3) is 11.1 Å². The Kier molecular flexibility index (Phi) is 9.43. The molecule has 1 saturated carbocycles. The lowest BCUT2D eigenvalue weighted by molar-refractivity contribution is 0.0949. The number of carbonyl (C=O) groups is 1. The molecule has 1 aliphatic carbocycles. The van der Waals surface area contributed by atoms with Crippen molar-refractivity contribution >= 4 is 17.2 Å². The molecule has 0 bridgehead atoms. The van der Waals surface area contributed by atoms with Crippen LogP contribution in [0, 0.1) is 17.7 Å². The van der Waals surface area contributed by atoms with Crippen molar-refractivity contribution in [2.45, 2.75) is 71.4 Å². The maximum atomic E-state index is 13.7. The first-order chi connectivity index (χ1) is 21.5. The average molecular weight is 599 g/mol. The Morgan fingerprint density at radius 3 is 2.45 bits per heavy atom. The van der Waals surface area contributed by atoms with Gasteiger partial charge >= 0.3 is 0 Å². The third kappa shape index (κ3) is 6.45. The number of hydrogen-bond donors (Lipinski definition) is 1. The summed E-state index contributed by atoms with van der Waals surface area (Å²) in [6, 6.07) is 17.2. The van der Waals surface area contributed by atoms with E-state index in [4.69, 9.17) is 19.6 Å². The number of hydrogen-bond acceptors (Lipinski definition) is 6. The zero-order chi connectivity index (χ0) is 30.6. The van der Waals surface area contributed by atoms with Gasteiger partial charge in [-0.25, -0.2) is 4.39 Å². The Labute approximate surface area is 259 Å². The number of fused-ring (bicyclic) bond motifs is 2. The van der Waals surface area contributed by atoms with Crippen LogP contribution >= 0.6 is 0 Å². The third-order valence-electron chi connectivity index (χ3n) is 9.55. The van der Waals surface area contributed by atoms with Crippen LogP contribution in [0.1, 0.15) is 73.9 Å². The van der Waals surface area contributed by atoms with E-state index in [-0.39, 0.29) is 18.2 Å². The van der Waals surface area contributed by atoms with Crippen molar-refractivity contribution in [2.75, 3.05) is 26.4 Å². The minimum absolute atomic E-state index is 0.173. The molecule has 3 aromatic carbocycles. The van der Waals surface area contributed by atoms with Crippen LogP contribution in [0.4, 0.5) is 10.1 Å². The molecule has 1 N–H and O–H groups in total. The van der Waals surface area contributed by atoms with Crippen molar-refractivity contribution < 1.29 is 23.8 Å². The van der Waals surface area contributed by atoms with Gasteiger partial charge in [0, 0.05) is 43.3 Å². The molecule has 0 radical (unpaired) electrons. The minimum Gasteiger partial charge on any atom is -0.493 e. The van der Waals surface area contributed by atoms with E-state index < -0.39 is 0 Å². The third-order valence-corrected chi connectivity index (χ3v) is 9.55. The fourth-order valence-electron chi connectivity index (χ4n) is 7.55. The van der Waals surface area contributed by atoms with E-state index in [0.29, 0.717) is 37.5 Å². The molecule has 44 heavy (non-hydrogen) atoms. The zero-order valence-electron chi connectivity index (χ0n) is 25.9. The summed E-state index contributed by atoms with van der Waals surface area (Å²) in [5.41, 5.74) is 6.81. The Balaban J connectivity index is 1.14. The van der Waals surface area contributed by atoms with Gasteiger partial charge in [-0.2, -0.15) is 0 Å². The Morgan fingerprint density at radius 2 is 1.75 bits per heavy atom. The number of halogens is 1. The largest absolute Gasteiger partial charge is 0.493 e. The fraction of sp³-hybridized carbons (Fsp3) is 0.459. The smallest absolute Gasteiger partial charge is 0.163 e. The highest BCUT2D eigenvalue weighted by atomic mass is 19.1. The summed E-state index contributed by atoms with van der Waals surface area (Å²) in [6.45, 7) is 6.97. The standard InChI is InChI=1S/C37H43FN2O4/c1-3-43-35-18-24(19-36(44-4-2)37(35)25-9-12-29(38)13-10-25)23-40-16-15-31-26(11-14-33(31)40)22-34(42)28-8-7-27-20-30(6-5-17-41)39-32(27)21-28/h7-10,12-13,18-19,21,26,31,33,41H,3-6,11,14-17,20,22-23H2,1-2H3/t26?,31-,33+/m0/s1. The number of likely N-dealkylation sites (tertiary alicyclic amines) is 1. The summed E-state index contributed by atoms with van der Waals surface area (Å²) in [5.74, 6) is 2.37. The number of aliphatic imine (C=N–C) groups is 1. The number of ketones is 1. The molecule has 3 aromatic rings. The summed E-state index contributed by atoms with van der Waals surface area (Å²) < 4.78 is 25.9. The van der Waals surface area contributed by atoms with E-state index in [1.165, 1.54) is 17.7 Å². The number of nitrogens with zero attached hydrogens (tertiary/aromatic N) is 2. The molecule has 2 aliphatic heterocycles. The summed E-state index contributed by atoms with van der Waals surface area (Å²) >= 11 is 0. The average Bonchev–Trinajstić information content (AvgIpc) is 3.73. The van der Waals surface area contributed by atoms with E-state index >= 15 is 0 Å². The number of aliphatic hydroxyl groups is 1. The summed E-state index contributed by atoms with van der Waals surface area (Å²) in [5, 5.41) is 9.15. The molecule has 0 aromatic heterocycles. The van der Waals surface area contributed by atoms with E-state index in [2.05, 4.69) is 23.1 Å². The number of aliphatic hydroxyl groups excluding tert-OH is 1. The van der Waals surface area contributed by atoms with Crippen LogP contribution in [0.2, 0.25) is 0 Å². The SMILES string of the molecule is CCOc1cc(CN2CC[C@H]3C(CC(=O)c4ccc5c(c4)N=C(CCCO)C5)CC[C@H]32)cc(OCC)c1-c1ccc(F)cc1. The Bertz CT molecular complexity index is 1490.